The zero-order chi connectivity index (χ0) is 16.7. The third-order valence-corrected chi connectivity index (χ3v) is 5.70. The smallest absolute Gasteiger partial charge is 0.337 e. The van der Waals surface area contributed by atoms with E-state index in [-0.39, 0.29) is 12.0 Å². The molecule has 0 saturated heterocycles. The number of hydrogen-bond acceptors (Lipinski definition) is 3. The SMILES string of the molecule is COC(=O)c1ccc([C@@H]2Nc3c(Br)cccc3[C@@H]3C=CC[C@@H]32)cc1. The lowest BCUT2D eigenvalue weighted by atomic mass is 9.77. The summed E-state index contributed by atoms with van der Waals surface area (Å²) in [5.74, 6) is 0.631. The van der Waals surface area contributed by atoms with Crippen LogP contribution in [0.4, 0.5) is 5.69 Å². The molecule has 0 fully saturated rings. The minimum Gasteiger partial charge on any atom is -0.465 e. The molecule has 2 aliphatic rings. The van der Waals surface area contributed by atoms with E-state index in [0.29, 0.717) is 17.4 Å². The van der Waals surface area contributed by atoms with Crippen LogP contribution in [0.5, 0.6) is 0 Å². The van der Waals surface area contributed by atoms with Crippen molar-refractivity contribution < 1.29 is 9.53 Å². The third kappa shape index (κ3) is 2.46. The fourth-order valence-electron chi connectivity index (χ4n) is 3.86. The van der Waals surface area contributed by atoms with Crippen LogP contribution in [0.2, 0.25) is 0 Å². The molecule has 2 aromatic rings. The average molecular weight is 384 g/mol. The molecule has 0 bridgehead atoms. The van der Waals surface area contributed by atoms with Gasteiger partial charge in [-0.3, -0.25) is 0 Å². The molecular weight excluding hydrogens is 366 g/mol. The largest absolute Gasteiger partial charge is 0.465 e. The number of benzene rings is 2. The highest BCUT2D eigenvalue weighted by Gasteiger charge is 2.38. The van der Waals surface area contributed by atoms with Crippen molar-refractivity contribution in [2.24, 2.45) is 5.92 Å². The molecule has 2 aromatic carbocycles. The molecule has 4 heteroatoms. The third-order valence-electron chi connectivity index (χ3n) is 5.04. The van der Waals surface area contributed by atoms with Crippen LogP contribution in [-0.2, 0) is 4.74 Å². The van der Waals surface area contributed by atoms with E-state index in [1.165, 1.54) is 23.9 Å². The van der Waals surface area contributed by atoms with Gasteiger partial charge in [0.25, 0.3) is 0 Å². The number of anilines is 1. The number of ether oxygens (including phenoxy) is 1. The normalized spacial score (nSPS) is 24.0. The van der Waals surface area contributed by atoms with Gasteiger partial charge in [0.2, 0.25) is 0 Å². The zero-order valence-corrected chi connectivity index (χ0v) is 14.9. The number of carbonyl (C=O) groups is 1. The number of carbonyl (C=O) groups excluding carboxylic acids is 1. The molecule has 1 aliphatic heterocycles. The standard InChI is InChI=1S/C20H18BrNO2/c1-24-20(23)13-10-8-12(9-11-13)18-15-5-2-4-14(15)16-6-3-7-17(21)19(16)22-18/h2-4,6-11,14-15,18,22H,5H2,1H3/t14-,15+,18+/m1/s1. The van der Waals surface area contributed by atoms with Crippen molar-refractivity contribution in [3.8, 4) is 0 Å². The van der Waals surface area contributed by atoms with Gasteiger partial charge in [0.1, 0.15) is 0 Å². The summed E-state index contributed by atoms with van der Waals surface area (Å²) in [4.78, 5) is 11.6. The summed E-state index contributed by atoms with van der Waals surface area (Å²) in [6.45, 7) is 0. The fraction of sp³-hybridized carbons (Fsp3) is 0.250. The van der Waals surface area contributed by atoms with Gasteiger partial charge in [-0.1, -0.05) is 36.4 Å². The van der Waals surface area contributed by atoms with Crippen LogP contribution in [0.3, 0.4) is 0 Å². The van der Waals surface area contributed by atoms with Crippen LogP contribution in [0.25, 0.3) is 0 Å². The minimum atomic E-state index is -0.299. The van der Waals surface area contributed by atoms with E-state index in [1.807, 2.05) is 24.3 Å². The Morgan fingerprint density at radius 3 is 2.75 bits per heavy atom. The number of fused-ring (bicyclic) bond motifs is 3. The van der Waals surface area contributed by atoms with Gasteiger partial charge in [-0.2, -0.15) is 0 Å². The number of hydrogen-bond donors (Lipinski definition) is 1. The van der Waals surface area contributed by atoms with Crippen molar-refractivity contribution in [2.45, 2.75) is 18.4 Å². The summed E-state index contributed by atoms with van der Waals surface area (Å²) in [6.07, 6.45) is 5.67. The van der Waals surface area contributed by atoms with E-state index in [1.54, 1.807) is 0 Å². The van der Waals surface area contributed by atoms with Gasteiger partial charge in [0.05, 0.1) is 24.4 Å². The van der Waals surface area contributed by atoms with Gasteiger partial charge in [-0.15, -0.1) is 0 Å². The Bertz CT molecular complexity index is 813. The molecule has 24 heavy (non-hydrogen) atoms. The Kier molecular flexibility index (Phi) is 3.93. The lowest BCUT2D eigenvalue weighted by molar-refractivity contribution is 0.0600. The Balaban J connectivity index is 1.71. The van der Waals surface area contributed by atoms with Crippen LogP contribution in [0.1, 0.15) is 39.9 Å². The van der Waals surface area contributed by atoms with Gasteiger partial charge >= 0.3 is 5.97 Å². The number of rotatable bonds is 2. The number of allylic oxidation sites excluding steroid dienone is 2. The summed E-state index contributed by atoms with van der Waals surface area (Å²) >= 11 is 3.67. The first-order valence-corrected chi connectivity index (χ1v) is 8.88. The van der Waals surface area contributed by atoms with Crippen molar-refractivity contribution >= 4 is 27.6 Å². The molecule has 1 heterocycles. The second kappa shape index (κ2) is 6.10. The van der Waals surface area contributed by atoms with E-state index < -0.39 is 0 Å². The molecule has 0 amide bonds. The Labute approximate surface area is 149 Å². The van der Waals surface area contributed by atoms with Crippen molar-refractivity contribution in [1.82, 2.24) is 0 Å². The van der Waals surface area contributed by atoms with Crippen molar-refractivity contribution in [2.75, 3.05) is 12.4 Å². The molecule has 1 N–H and O–H groups in total. The monoisotopic (exact) mass is 383 g/mol. The second-order valence-electron chi connectivity index (χ2n) is 6.29. The van der Waals surface area contributed by atoms with Gasteiger partial charge in [-0.05, 0) is 57.6 Å². The first-order chi connectivity index (χ1) is 11.7. The Morgan fingerprint density at radius 2 is 2.00 bits per heavy atom. The zero-order valence-electron chi connectivity index (χ0n) is 13.3. The van der Waals surface area contributed by atoms with Gasteiger partial charge < -0.3 is 10.1 Å². The summed E-state index contributed by atoms with van der Waals surface area (Å²) in [5, 5.41) is 3.71. The first-order valence-electron chi connectivity index (χ1n) is 8.09. The maximum atomic E-state index is 11.6. The molecular formula is C20H18BrNO2. The maximum Gasteiger partial charge on any atom is 0.337 e. The second-order valence-corrected chi connectivity index (χ2v) is 7.15. The Morgan fingerprint density at radius 1 is 1.21 bits per heavy atom. The van der Waals surface area contributed by atoms with Crippen LogP contribution in [0, 0.1) is 5.92 Å². The van der Waals surface area contributed by atoms with E-state index in [9.17, 15) is 4.79 Å². The molecule has 3 atom stereocenters. The lowest BCUT2D eigenvalue weighted by Crippen LogP contribution is -2.29. The van der Waals surface area contributed by atoms with E-state index in [0.717, 1.165) is 10.9 Å². The van der Waals surface area contributed by atoms with Crippen LogP contribution in [-0.4, -0.2) is 13.1 Å². The predicted molar refractivity (Wildman–Crippen MR) is 98.3 cm³/mol. The first kappa shape index (κ1) is 15.5. The molecule has 0 spiro atoms. The summed E-state index contributed by atoms with van der Waals surface area (Å²) in [5.41, 5.74) is 4.31. The number of nitrogens with one attached hydrogen (secondary N) is 1. The number of esters is 1. The van der Waals surface area contributed by atoms with Gasteiger partial charge in [0.15, 0.2) is 0 Å². The average Bonchev–Trinajstić information content (AvgIpc) is 3.11. The summed E-state index contributed by atoms with van der Waals surface area (Å²) in [6, 6.07) is 14.3. The molecule has 4 rings (SSSR count). The molecule has 0 radical (unpaired) electrons. The predicted octanol–water partition coefficient (Wildman–Crippen LogP) is 5.06. The molecule has 0 aromatic heterocycles. The van der Waals surface area contributed by atoms with Crippen molar-refractivity contribution in [3.63, 3.8) is 0 Å². The van der Waals surface area contributed by atoms with E-state index >= 15 is 0 Å². The number of halogens is 1. The molecule has 1 aliphatic carbocycles. The topological polar surface area (TPSA) is 38.3 Å². The number of para-hydroxylation sites is 1. The molecule has 0 unspecified atom stereocenters. The number of methoxy groups -OCH3 is 1. The summed E-state index contributed by atoms with van der Waals surface area (Å²) in [7, 11) is 1.40. The quantitative estimate of drug-likeness (QED) is 0.581. The highest BCUT2D eigenvalue weighted by atomic mass is 79.9. The van der Waals surface area contributed by atoms with E-state index in [2.05, 4.69) is 51.6 Å². The minimum absolute atomic E-state index is 0.225. The lowest BCUT2D eigenvalue weighted by Gasteiger charge is -2.38. The van der Waals surface area contributed by atoms with Gasteiger partial charge in [-0.25, -0.2) is 4.79 Å². The van der Waals surface area contributed by atoms with Crippen LogP contribution >= 0.6 is 15.9 Å². The van der Waals surface area contributed by atoms with Crippen molar-refractivity contribution in [1.29, 1.82) is 0 Å². The molecule has 122 valence electrons. The highest BCUT2D eigenvalue weighted by Crippen LogP contribution is 2.51. The van der Waals surface area contributed by atoms with Crippen LogP contribution < -0.4 is 5.32 Å². The maximum absolute atomic E-state index is 11.6. The van der Waals surface area contributed by atoms with Crippen molar-refractivity contribution in [3.05, 3.63) is 75.8 Å². The van der Waals surface area contributed by atoms with E-state index in [4.69, 9.17) is 4.74 Å². The Hall–Kier alpha value is -2.07. The fourth-order valence-corrected chi connectivity index (χ4v) is 4.35. The highest BCUT2D eigenvalue weighted by molar-refractivity contribution is 9.10. The molecule has 3 nitrogen and oxygen atoms in total. The van der Waals surface area contributed by atoms with Crippen LogP contribution in [0.15, 0.2) is 59.1 Å². The summed E-state index contributed by atoms with van der Waals surface area (Å²) < 4.78 is 5.87. The van der Waals surface area contributed by atoms with Gasteiger partial charge in [0, 0.05) is 10.4 Å². The molecule has 0 saturated carbocycles.